The summed E-state index contributed by atoms with van der Waals surface area (Å²) in [6, 6.07) is 0.417. The molecule has 0 spiro atoms. The van der Waals surface area contributed by atoms with E-state index in [4.69, 9.17) is 0 Å². The number of aromatic nitrogens is 2. The molecule has 21 heavy (non-hydrogen) atoms. The maximum atomic E-state index is 12.3. The third-order valence-electron chi connectivity index (χ3n) is 4.43. The minimum atomic E-state index is -0.0236. The molecule has 1 amide bonds. The first kappa shape index (κ1) is 16.4. The van der Waals surface area contributed by atoms with E-state index in [2.05, 4.69) is 33.9 Å². The molecule has 1 atom stereocenters. The van der Waals surface area contributed by atoms with E-state index in [-0.39, 0.29) is 5.91 Å². The van der Waals surface area contributed by atoms with Gasteiger partial charge in [-0.15, -0.1) is 5.10 Å². The zero-order chi connectivity index (χ0) is 15.2. The van der Waals surface area contributed by atoms with Crippen molar-refractivity contribution in [2.24, 2.45) is 5.92 Å². The van der Waals surface area contributed by atoms with Gasteiger partial charge in [0.15, 0.2) is 0 Å². The summed E-state index contributed by atoms with van der Waals surface area (Å²) in [6.07, 6.45) is 7.31. The third-order valence-corrected chi connectivity index (χ3v) is 5.19. The first-order valence-electron chi connectivity index (χ1n) is 7.89. The van der Waals surface area contributed by atoms with Gasteiger partial charge in [-0.1, -0.05) is 30.7 Å². The van der Waals surface area contributed by atoms with Crippen LogP contribution in [-0.4, -0.2) is 47.1 Å². The Kier molecular flexibility index (Phi) is 6.11. The quantitative estimate of drug-likeness (QED) is 0.876. The molecule has 1 N–H and O–H groups in total. The number of nitrogens with zero attached hydrogens (tertiary/aromatic N) is 3. The van der Waals surface area contributed by atoms with Crippen LogP contribution in [0.25, 0.3) is 0 Å². The summed E-state index contributed by atoms with van der Waals surface area (Å²) in [6.45, 7) is 2.70. The van der Waals surface area contributed by atoms with Gasteiger partial charge in [-0.2, -0.15) is 0 Å². The number of hydrogen-bond acceptors (Lipinski definition) is 5. The molecule has 1 aromatic rings. The smallest absolute Gasteiger partial charge is 0.265 e. The molecule has 2 rings (SSSR count). The lowest BCUT2D eigenvalue weighted by Crippen LogP contribution is -2.45. The van der Waals surface area contributed by atoms with Crippen molar-refractivity contribution >= 4 is 17.4 Å². The van der Waals surface area contributed by atoms with Crippen LogP contribution in [0, 0.1) is 5.92 Å². The van der Waals surface area contributed by atoms with Gasteiger partial charge < -0.3 is 10.2 Å². The van der Waals surface area contributed by atoms with Crippen LogP contribution in [0.4, 0.5) is 0 Å². The number of carbonyl (C=O) groups excluding carboxylic acids is 1. The molecule has 0 aliphatic heterocycles. The van der Waals surface area contributed by atoms with Gasteiger partial charge in [0.05, 0.1) is 5.69 Å². The van der Waals surface area contributed by atoms with Gasteiger partial charge in [0.1, 0.15) is 4.88 Å². The number of amides is 1. The van der Waals surface area contributed by atoms with Crippen molar-refractivity contribution in [3.05, 3.63) is 10.6 Å². The van der Waals surface area contributed by atoms with E-state index in [0.717, 1.165) is 12.1 Å². The Balaban J connectivity index is 1.93. The Labute approximate surface area is 131 Å². The Morgan fingerprint density at radius 3 is 2.71 bits per heavy atom. The van der Waals surface area contributed by atoms with Crippen molar-refractivity contribution < 1.29 is 4.79 Å². The highest BCUT2D eigenvalue weighted by Crippen LogP contribution is 2.28. The summed E-state index contributed by atoms with van der Waals surface area (Å²) < 4.78 is 3.89. The predicted molar refractivity (Wildman–Crippen MR) is 85.7 cm³/mol. The van der Waals surface area contributed by atoms with Crippen LogP contribution in [0.2, 0.25) is 0 Å². The normalized spacial score (nSPS) is 17.9. The molecule has 118 valence electrons. The summed E-state index contributed by atoms with van der Waals surface area (Å²) in [5, 5.41) is 7.09. The highest BCUT2D eigenvalue weighted by Gasteiger charge is 2.26. The Morgan fingerprint density at radius 2 is 2.10 bits per heavy atom. The van der Waals surface area contributed by atoms with Crippen LogP contribution < -0.4 is 5.32 Å². The number of hydrogen-bond donors (Lipinski definition) is 1. The SMILES string of the molecule is CCc1nnsc1C(=O)NCC(C1CCCCC1)N(C)C. The van der Waals surface area contributed by atoms with Crippen molar-refractivity contribution in [1.29, 1.82) is 0 Å². The average Bonchev–Trinajstić information content (AvgIpc) is 2.96. The molecular formula is C15H26N4OS. The highest BCUT2D eigenvalue weighted by atomic mass is 32.1. The molecule has 0 aromatic carbocycles. The van der Waals surface area contributed by atoms with E-state index in [0.29, 0.717) is 23.4 Å². The van der Waals surface area contributed by atoms with E-state index in [1.54, 1.807) is 0 Å². The molecule has 1 aromatic heterocycles. The van der Waals surface area contributed by atoms with Gasteiger partial charge in [0.25, 0.3) is 5.91 Å². The van der Waals surface area contributed by atoms with E-state index >= 15 is 0 Å². The molecule has 0 bridgehead atoms. The second kappa shape index (κ2) is 7.84. The van der Waals surface area contributed by atoms with Gasteiger partial charge >= 0.3 is 0 Å². The zero-order valence-electron chi connectivity index (χ0n) is 13.3. The number of aryl methyl sites for hydroxylation is 1. The summed E-state index contributed by atoms with van der Waals surface area (Å²) in [5.74, 6) is 0.670. The van der Waals surface area contributed by atoms with Crippen molar-refractivity contribution in [2.75, 3.05) is 20.6 Å². The number of nitrogens with one attached hydrogen (secondary N) is 1. The van der Waals surface area contributed by atoms with Crippen LogP contribution in [0.3, 0.4) is 0 Å². The average molecular weight is 310 g/mol. The summed E-state index contributed by atoms with van der Waals surface area (Å²) in [5.41, 5.74) is 0.802. The first-order chi connectivity index (χ1) is 10.1. The van der Waals surface area contributed by atoms with Gasteiger partial charge in [0, 0.05) is 12.6 Å². The van der Waals surface area contributed by atoms with Gasteiger partial charge in [-0.25, -0.2) is 0 Å². The van der Waals surface area contributed by atoms with Crippen molar-refractivity contribution in [3.63, 3.8) is 0 Å². The van der Waals surface area contributed by atoms with E-state index in [9.17, 15) is 4.79 Å². The molecular weight excluding hydrogens is 284 g/mol. The molecule has 1 saturated carbocycles. The van der Waals surface area contributed by atoms with Crippen LogP contribution in [0.15, 0.2) is 0 Å². The topological polar surface area (TPSA) is 58.1 Å². The fourth-order valence-electron chi connectivity index (χ4n) is 3.18. The Morgan fingerprint density at radius 1 is 1.38 bits per heavy atom. The van der Waals surface area contributed by atoms with Crippen LogP contribution in [-0.2, 0) is 6.42 Å². The Bertz CT molecular complexity index is 454. The predicted octanol–water partition coefficient (Wildman–Crippen LogP) is 2.34. The minimum absolute atomic E-state index is 0.0236. The number of carbonyl (C=O) groups is 1. The molecule has 0 saturated heterocycles. The fraction of sp³-hybridized carbons (Fsp3) is 0.800. The summed E-state index contributed by atoms with van der Waals surface area (Å²) >= 11 is 1.19. The monoisotopic (exact) mass is 310 g/mol. The largest absolute Gasteiger partial charge is 0.350 e. The molecule has 1 heterocycles. The van der Waals surface area contributed by atoms with E-state index < -0.39 is 0 Å². The molecule has 1 unspecified atom stereocenters. The third kappa shape index (κ3) is 4.23. The molecule has 5 nitrogen and oxygen atoms in total. The zero-order valence-corrected chi connectivity index (χ0v) is 14.1. The lowest BCUT2D eigenvalue weighted by atomic mass is 9.83. The van der Waals surface area contributed by atoms with Gasteiger partial charge in [-0.05, 0) is 50.8 Å². The maximum absolute atomic E-state index is 12.3. The molecule has 1 aliphatic rings. The van der Waals surface area contributed by atoms with Crippen molar-refractivity contribution in [3.8, 4) is 0 Å². The number of likely N-dealkylation sites (N-methyl/N-ethyl adjacent to an activating group) is 1. The fourth-order valence-corrected chi connectivity index (χ4v) is 3.85. The van der Waals surface area contributed by atoms with Crippen LogP contribution in [0.5, 0.6) is 0 Å². The Hall–Kier alpha value is -1.01. The van der Waals surface area contributed by atoms with Crippen molar-refractivity contribution in [2.45, 2.75) is 51.5 Å². The van der Waals surface area contributed by atoms with Gasteiger partial charge in [-0.3, -0.25) is 4.79 Å². The van der Waals surface area contributed by atoms with Gasteiger partial charge in [0.2, 0.25) is 0 Å². The number of rotatable bonds is 6. The molecule has 1 fully saturated rings. The summed E-state index contributed by atoms with van der Waals surface area (Å²) in [7, 11) is 4.22. The van der Waals surface area contributed by atoms with Crippen molar-refractivity contribution in [1.82, 2.24) is 19.8 Å². The second-order valence-corrected chi connectivity index (χ2v) is 6.80. The molecule has 1 aliphatic carbocycles. The maximum Gasteiger partial charge on any atom is 0.265 e. The summed E-state index contributed by atoms with van der Waals surface area (Å²) in [4.78, 5) is 15.2. The lowest BCUT2D eigenvalue weighted by molar-refractivity contribution is 0.0925. The van der Waals surface area contributed by atoms with Crippen LogP contribution in [0.1, 0.15) is 54.4 Å². The molecule has 0 radical (unpaired) electrons. The highest BCUT2D eigenvalue weighted by molar-refractivity contribution is 7.08. The second-order valence-electron chi connectivity index (χ2n) is 6.04. The minimum Gasteiger partial charge on any atom is -0.350 e. The standard InChI is InChI=1S/C15H26N4OS/c1-4-12-14(21-18-17-12)15(20)16-10-13(19(2)3)11-8-6-5-7-9-11/h11,13H,4-10H2,1-3H3,(H,16,20). The van der Waals surface area contributed by atoms with Crippen LogP contribution >= 0.6 is 11.5 Å². The first-order valence-corrected chi connectivity index (χ1v) is 8.66. The molecule has 6 heteroatoms. The van der Waals surface area contributed by atoms with E-state index in [1.807, 2.05) is 6.92 Å². The van der Waals surface area contributed by atoms with E-state index in [1.165, 1.54) is 43.6 Å². The lowest BCUT2D eigenvalue weighted by Gasteiger charge is -2.34.